The van der Waals surface area contributed by atoms with Crippen LogP contribution in [0.2, 0.25) is 0 Å². The summed E-state index contributed by atoms with van der Waals surface area (Å²) in [6.45, 7) is 13.8. The molecule has 4 unspecified atom stereocenters. The Morgan fingerprint density at radius 2 is 1.83 bits per heavy atom. The highest BCUT2D eigenvalue weighted by molar-refractivity contribution is 7.99. The molecule has 1 saturated carbocycles. The Labute approximate surface area is 139 Å². The zero-order valence-corrected chi connectivity index (χ0v) is 15.6. The lowest BCUT2D eigenvalue weighted by Crippen LogP contribution is -2.37. The predicted octanol–water partition coefficient (Wildman–Crippen LogP) is 3.83. The van der Waals surface area contributed by atoms with Crippen LogP contribution in [0.3, 0.4) is 0 Å². The summed E-state index contributed by atoms with van der Waals surface area (Å²) < 4.78 is 59.5. The van der Waals surface area contributed by atoms with Crippen LogP contribution < -0.4 is 0 Å². The minimum Gasteiger partial charge on any atom is -0.741 e. The smallest absolute Gasteiger partial charge is 0.485 e. The van der Waals surface area contributed by atoms with Crippen LogP contribution in [-0.4, -0.2) is 34.2 Å². The Morgan fingerprint density at radius 3 is 2.22 bits per heavy atom. The third-order valence-corrected chi connectivity index (χ3v) is 9.28. The highest BCUT2D eigenvalue weighted by Gasteiger charge is 2.60. The summed E-state index contributed by atoms with van der Waals surface area (Å²) >= 11 is 0. The minimum absolute atomic E-state index is 0.592. The standard InChI is InChI=1S/C14H25S.CHF3O3S/c1-10(2)9-15-13-8-12(14(15,4)5)7-6-11(13)3;2-1(3,4)8(5,6)7/h11-13H,1,6-9H2,2-5H3;(H,5,6,7)/q+1;/p-1. The maximum atomic E-state index is 10.7. The van der Waals surface area contributed by atoms with Gasteiger partial charge in [-0.1, -0.05) is 13.5 Å². The van der Waals surface area contributed by atoms with Gasteiger partial charge >= 0.3 is 5.51 Å². The van der Waals surface area contributed by atoms with E-state index in [1.807, 2.05) is 0 Å². The van der Waals surface area contributed by atoms with E-state index in [-0.39, 0.29) is 0 Å². The van der Waals surface area contributed by atoms with Gasteiger partial charge in [0.15, 0.2) is 10.1 Å². The topological polar surface area (TPSA) is 57.2 Å². The normalized spacial score (nSPS) is 32.9. The molecule has 0 amide bonds. The van der Waals surface area contributed by atoms with E-state index < -0.39 is 15.6 Å². The fraction of sp³-hybridized carbons (Fsp3) is 0.867. The van der Waals surface area contributed by atoms with Crippen LogP contribution in [-0.2, 0) is 21.0 Å². The van der Waals surface area contributed by atoms with Crippen LogP contribution in [0.1, 0.15) is 47.0 Å². The molecule has 3 nitrogen and oxygen atoms in total. The van der Waals surface area contributed by atoms with Crippen molar-refractivity contribution >= 4 is 21.0 Å². The average Bonchev–Trinajstić information content (AvgIpc) is 2.53. The van der Waals surface area contributed by atoms with Crippen LogP contribution in [0.15, 0.2) is 12.2 Å². The number of fused-ring (bicyclic) bond motifs is 2. The van der Waals surface area contributed by atoms with Crippen molar-refractivity contribution in [1.82, 2.24) is 0 Å². The van der Waals surface area contributed by atoms with E-state index in [2.05, 4.69) is 34.3 Å². The fourth-order valence-electron chi connectivity index (χ4n) is 3.47. The monoisotopic (exact) mass is 374 g/mol. The molecule has 1 aliphatic carbocycles. The van der Waals surface area contributed by atoms with Crippen LogP contribution in [0.4, 0.5) is 13.2 Å². The first kappa shape index (κ1) is 20.8. The summed E-state index contributed by atoms with van der Waals surface area (Å²) in [6, 6.07) is 0. The Balaban J connectivity index is 0.000000284. The number of alkyl halides is 3. The Hall–Kier alpha value is -0.210. The van der Waals surface area contributed by atoms with Gasteiger partial charge in [-0.05, 0) is 39.2 Å². The van der Waals surface area contributed by atoms with Gasteiger partial charge < -0.3 is 4.55 Å². The van der Waals surface area contributed by atoms with Crippen molar-refractivity contribution in [3.63, 3.8) is 0 Å². The Kier molecular flexibility index (Phi) is 6.30. The molecular weight excluding hydrogens is 349 g/mol. The molecule has 1 heterocycles. The van der Waals surface area contributed by atoms with E-state index in [1.165, 1.54) is 30.6 Å². The first-order valence-corrected chi connectivity index (χ1v) is 10.4. The van der Waals surface area contributed by atoms with Crippen molar-refractivity contribution in [3.05, 3.63) is 12.2 Å². The lowest BCUT2D eigenvalue weighted by molar-refractivity contribution is -0.0517. The highest BCUT2D eigenvalue weighted by Crippen LogP contribution is 2.52. The molecule has 0 N–H and O–H groups in total. The van der Waals surface area contributed by atoms with Gasteiger partial charge in [-0.15, -0.1) is 0 Å². The predicted molar refractivity (Wildman–Crippen MR) is 87.2 cm³/mol. The molecule has 136 valence electrons. The molecule has 0 aromatic rings. The van der Waals surface area contributed by atoms with Gasteiger partial charge in [0.1, 0.15) is 15.7 Å². The molecule has 2 rings (SSSR count). The van der Waals surface area contributed by atoms with Gasteiger partial charge in [-0.2, -0.15) is 13.2 Å². The zero-order chi connectivity index (χ0) is 18.2. The minimum atomic E-state index is -6.09. The van der Waals surface area contributed by atoms with E-state index in [0.29, 0.717) is 15.6 Å². The quantitative estimate of drug-likeness (QED) is 0.319. The van der Waals surface area contributed by atoms with Gasteiger partial charge in [0.2, 0.25) is 0 Å². The molecule has 23 heavy (non-hydrogen) atoms. The molecule has 8 heteroatoms. The lowest BCUT2D eigenvalue weighted by Gasteiger charge is -2.24. The van der Waals surface area contributed by atoms with Crippen molar-refractivity contribution in [1.29, 1.82) is 0 Å². The van der Waals surface area contributed by atoms with Crippen molar-refractivity contribution in [2.75, 3.05) is 5.75 Å². The van der Waals surface area contributed by atoms with Crippen LogP contribution in [0.5, 0.6) is 0 Å². The maximum absolute atomic E-state index is 10.7. The molecule has 0 radical (unpaired) electrons. The molecule has 2 bridgehead atoms. The summed E-state index contributed by atoms with van der Waals surface area (Å²) in [6.07, 6.45) is 4.45. The molecule has 0 spiro atoms. The molecule has 4 atom stereocenters. The largest absolute Gasteiger partial charge is 0.741 e. The van der Waals surface area contributed by atoms with Crippen LogP contribution in [0, 0.1) is 11.8 Å². The number of hydrogen-bond acceptors (Lipinski definition) is 3. The fourth-order valence-corrected chi connectivity index (χ4v) is 7.17. The van der Waals surface area contributed by atoms with E-state index in [0.717, 1.165) is 17.1 Å². The first-order valence-electron chi connectivity index (χ1n) is 7.54. The lowest BCUT2D eigenvalue weighted by atomic mass is 9.78. The summed E-state index contributed by atoms with van der Waals surface area (Å²) in [5, 5.41) is 1.01. The van der Waals surface area contributed by atoms with E-state index in [1.54, 1.807) is 0 Å². The first-order chi connectivity index (χ1) is 10.2. The second kappa shape index (κ2) is 6.96. The summed E-state index contributed by atoms with van der Waals surface area (Å²) in [5.74, 6) is 3.26. The second-order valence-corrected chi connectivity index (χ2v) is 11.2. The molecule has 0 aromatic carbocycles. The third kappa shape index (κ3) is 4.89. The van der Waals surface area contributed by atoms with Crippen molar-refractivity contribution < 1.29 is 26.1 Å². The Bertz CT molecular complexity index is 541. The molecule has 1 saturated heterocycles. The second-order valence-electron chi connectivity index (χ2n) is 7.06. The van der Waals surface area contributed by atoms with Crippen molar-refractivity contribution in [2.24, 2.45) is 11.8 Å². The molecule has 0 aromatic heterocycles. The highest BCUT2D eigenvalue weighted by atomic mass is 32.2. The SMILES string of the molecule is C=C(C)C[S+]1C2CC(CCC2C)C1(C)C.O=S(=O)([O-])C(F)(F)F. The third-order valence-electron chi connectivity index (χ3n) is 4.83. The van der Waals surface area contributed by atoms with E-state index in [4.69, 9.17) is 13.0 Å². The summed E-state index contributed by atoms with van der Waals surface area (Å²) in [7, 11) is -5.49. The van der Waals surface area contributed by atoms with E-state index in [9.17, 15) is 13.2 Å². The van der Waals surface area contributed by atoms with Crippen molar-refractivity contribution in [3.8, 4) is 0 Å². The van der Waals surface area contributed by atoms with Gasteiger partial charge in [0.25, 0.3) is 0 Å². The number of hydrogen-bond donors (Lipinski definition) is 0. The molecule has 2 aliphatic rings. The summed E-state index contributed by atoms with van der Waals surface area (Å²) in [5.41, 5.74) is -4.25. The number of rotatable bonds is 2. The Morgan fingerprint density at radius 1 is 1.35 bits per heavy atom. The maximum Gasteiger partial charge on any atom is 0.485 e. The zero-order valence-electron chi connectivity index (χ0n) is 13.9. The molecular formula is C15H25F3O3S2. The van der Waals surface area contributed by atoms with Crippen molar-refractivity contribution in [2.45, 2.75) is 62.5 Å². The van der Waals surface area contributed by atoms with Gasteiger partial charge in [-0.3, -0.25) is 0 Å². The molecule has 2 fully saturated rings. The average molecular weight is 374 g/mol. The van der Waals surface area contributed by atoms with Gasteiger partial charge in [0, 0.05) is 29.2 Å². The molecule has 1 aliphatic heterocycles. The van der Waals surface area contributed by atoms with Crippen LogP contribution >= 0.6 is 0 Å². The summed E-state index contributed by atoms with van der Waals surface area (Å²) in [4.78, 5) is 0. The number of halogens is 3. The van der Waals surface area contributed by atoms with Crippen LogP contribution in [0.25, 0.3) is 0 Å². The van der Waals surface area contributed by atoms with Gasteiger partial charge in [0.05, 0.1) is 0 Å². The van der Waals surface area contributed by atoms with Gasteiger partial charge in [-0.25, -0.2) is 8.42 Å². The van der Waals surface area contributed by atoms with E-state index >= 15 is 0 Å².